The average Bonchev–Trinajstić information content (AvgIpc) is 2.20. The number of aliphatic hydroxyl groups excluding tert-OH is 2. The highest BCUT2D eigenvalue weighted by atomic mass is 19.1. The minimum absolute atomic E-state index is 0.276. The lowest BCUT2D eigenvalue weighted by atomic mass is 9.99. The van der Waals surface area contributed by atoms with Crippen molar-refractivity contribution in [3.05, 3.63) is 35.1 Å². The van der Waals surface area contributed by atoms with Crippen molar-refractivity contribution in [2.75, 3.05) is 0 Å². The molecular formula is C12H17FO2. The van der Waals surface area contributed by atoms with Crippen molar-refractivity contribution in [1.82, 2.24) is 0 Å². The molecule has 2 atom stereocenters. The monoisotopic (exact) mass is 212 g/mol. The van der Waals surface area contributed by atoms with Crippen molar-refractivity contribution < 1.29 is 14.6 Å². The van der Waals surface area contributed by atoms with Crippen LogP contribution in [-0.2, 0) is 6.42 Å². The van der Waals surface area contributed by atoms with Gasteiger partial charge in [-0.15, -0.1) is 0 Å². The minimum Gasteiger partial charge on any atom is -0.390 e. The van der Waals surface area contributed by atoms with Gasteiger partial charge < -0.3 is 10.2 Å². The van der Waals surface area contributed by atoms with Crippen LogP contribution in [0.25, 0.3) is 0 Å². The lowest BCUT2D eigenvalue weighted by molar-refractivity contribution is 0.0181. The van der Waals surface area contributed by atoms with Gasteiger partial charge >= 0.3 is 0 Å². The number of halogens is 1. The maximum atomic E-state index is 12.8. The van der Waals surface area contributed by atoms with E-state index in [9.17, 15) is 14.6 Å². The van der Waals surface area contributed by atoms with Gasteiger partial charge in [-0.25, -0.2) is 4.39 Å². The van der Waals surface area contributed by atoms with E-state index in [1.54, 1.807) is 13.0 Å². The number of aliphatic hydroxyl groups is 2. The topological polar surface area (TPSA) is 40.5 Å². The summed E-state index contributed by atoms with van der Waals surface area (Å²) in [5, 5.41) is 19.0. The van der Waals surface area contributed by atoms with Crippen LogP contribution in [0.15, 0.2) is 18.2 Å². The zero-order valence-corrected chi connectivity index (χ0v) is 9.07. The van der Waals surface area contributed by atoms with E-state index in [2.05, 4.69) is 0 Å². The SMILES string of the molecule is CCC(O)C(O)Cc1ccc(F)cc1C. The zero-order chi connectivity index (χ0) is 11.4. The molecule has 0 aliphatic heterocycles. The fourth-order valence-electron chi connectivity index (χ4n) is 1.52. The number of aryl methyl sites for hydroxylation is 1. The van der Waals surface area contributed by atoms with Gasteiger partial charge in [0.05, 0.1) is 12.2 Å². The molecule has 0 heterocycles. The Labute approximate surface area is 89.4 Å². The Bertz CT molecular complexity index is 325. The second-order valence-corrected chi connectivity index (χ2v) is 3.82. The first-order valence-electron chi connectivity index (χ1n) is 5.15. The molecule has 2 unspecified atom stereocenters. The van der Waals surface area contributed by atoms with Crippen LogP contribution in [-0.4, -0.2) is 22.4 Å². The van der Waals surface area contributed by atoms with Gasteiger partial charge in [-0.3, -0.25) is 0 Å². The van der Waals surface area contributed by atoms with Crippen molar-refractivity contribution in [2.45, 2.75) is 38.9 Å². The average molecular weight is 212 g/mol. The number of hydrogen-bond acceptors (Lipinski definition) is 2. The third kappa shape index (κ3) is 3.29. The molecule has 84 valence electrons. The lowest BCUT2D eigenvalue weighted by Crippen LogP contribution is -2.27. The summed E-state index contributed by atoms with van der Waals surface area (Å²) in [5.41, 5.74) is 1.67. The summed E-state index contributed by atoms with van der Waals surface area (Å²) in [6, 6.07) is 4.45. The molecule has 3 heteroatoms. The van der Waals surface area contributed by atoms with E-state index in [0.717, 1.165) is 11.1 Å². The summed E-state index contributed by atoms with van der Waals surface area (Å²) in [6.45, 7) is 3.61. The second-order valence-electron chi connectivity index (χ2n) is 3.82. The molecule has 0 aliphatic carbocycles. The first-order valence-corrected chi connectivity index (χ1v) is 5.15. The third-order valence-electron chi connectivity index (χ3n) is 2.60. The standard InChI is InChI=1S/C12H17FO2/c1-3-11(14)12(15)7-9-4-5-10(13)6-8(9)2/h4-6,11-12,14-15H,3,7H2,1-2H3. The number of benzene rings is 1. The Morgan fingerprint density at radius 1 is 1.27 bits per heavy atom. The maximum Gasteiger partial charge on any atom is 0.123 e. The molecule has 2 N–H and O–H groups in total. The van der Waals surface area contributed by atoms with Crippen molar-refractivity contribution >= 4 is 0 Å². The van der Waals surface area contributed by atoms with Crippen LogP contribution in [0, 0.1) is 12.7 Å². The van der Waals surface area contributed by atoms with Crippen LogP contribution in [0.4, 0.5) is 4.39 Å². The summed E-state index contributed by atoms with van der Waals surface area (Å²) in [6.07, 6.45) is -0.615. The molecule has 1 aromatic carbocycles. The second kappa shape index (κ2) is 5.24. The highest BCUT2D eigenvalue weighted by Crippen LogP contribution is 2.14. The van der Waals surface area contributed by atoms with Crippen molar-refractivity contribution in [1.29, 1.82) is 0 Å². The van der Waals surface area contributed by atoms with Gasteiger partial charge in [-0.1, -0.05) is 13.0 Å². The molecule has 0 fully saturated rings. The Hall–Kier alpha value is -0.930. The number of hydrogen-bond donors (Lipinski definition) is 2. The van der Waals surface area contributed by atoms with Gasteiger partial charge in [0.1, 0.15) is 5.82 Å². The van der Waals surface area contributed by atoms with E-state index in [0.29, 0.717) is 12.8 Å². The van der Waals surface area contributed by atoms with Crippen molar-refractivity contribution in [2.24, 2.45) is 0 Å². The van der Waals surface area contributed by atoms with Gasteiger partial charge in [0.2, 0.25) is 0 Å². The summed E-state index contributed by atoms with van der Waals surface area (Å²) >= 11 is 0. The maximum absolute atomic E-state index is 12.8. The van der Waals surface area contributed by atoms with Crippen LogP contribution in [0.1, 0.15) is 24.5 Å². The number of rotatable bonds is 4. The van der Waals surface area contributed by atoms with E-state index in [1.165, 1.54) is 12.1 Å². The van der Waals surface area contributed by atoms with Crippen LogP contribution < -0.4 is 0 Å². The summed E-state index contributed by atoms with van der Waals surface area (Å²) in [7, 11) is 0. The third-order valence-corrected chi connectivity index (χ3v) is 2.60. The highest BCUT2D eigenvalue weighted by molar-refractivity contribution is 5.27. The van der Waals surface area contributed by atoms with Crippen LogP contribution >= 0.6 is 0 Å². The Morgan fingerprint density at radius 3 is 2.47 bits per heavy atom. The van der Waals surface area contributed by atoms with E-state index in [4.69, 9.17) is 0 Å². The first kappa shape index (κ1) is 12.1. The zero-order valence-electron chi connectivity index (χ0n) is 9.07. The molecule has 0 radical (unpaired) electrons. The molecule has 0 spiro atoms. The quantitative estimate of drug-likeness (QED) is 0.799. The lowest BCUT2D eigenvalue weighted by Gasteiger charge is -2.17. The minimum atomic E-state index is -0.779. The van der Waals surface area contributed by atoms with E-state index in [-0.39, 0.29) is 5.82 Å². The van der Waals surface area contributed by atoms with E-state index in [1.807, 2.05) is 6.92 Å². The van der Waals surface area contributed by atoms with Gasteiger partial charge in [-0.2, -0.15) is 0 Å². The van der Waals surface area contributed by atoms with E-state index < -0.39 is 12.2 Å². The summed E-state index contributed by atoms with van der Waals surface area (Å²) < 4.78 is 12.8. The van der Waals surface area contributed by atoms with Crippen molar-refractivity contribution in [3.63, 3.8) is 0 Å². The summed E-state index contributed by atoms with van der Waals surface area (Å²) in [4.78, 5) is 0. The normalized spacial score (nSPS) is 15.0. The summed E-state index contributed by atoms with van der Waals surface area (Å²) in [5.74, 6) is -0.276. The first-order chi connectivity index (χ1) is 7.04. The predicted molar refractivity (Wildman–Crippen MR) is 57.1 cm³/mol. The van der Waals surface area contributed by atoms with Crippen LogP contribution in [0.2, 0.25) is 0 Å². The molecule has 0 aliphatic rings. The van der Waals surface area contributed by atoms with Crippen LogP contribution in [0.5, 0.6) is 0 Å². The molecule has 0 saturated heterocycles. The molecular weight excluding hydrogens is 195 g/mol. The largest absolute Gasteiger partial charge is 0.390 e. The predicted octanol–water partition coefficient (Wildman–Crippen LogP) is 1.81. The molecule has 0 amide bonds. The Morgan fingerprint density at radius 2 is 1.93 bits per heavy atom. The van der Waals surface area contributed by atoms with Gasteiger partial charge in [0.15, 0.2) is 0 Å². The molecule has 0 bridgehead atoms. The van der Waals surface area contributed by atoms with E-state index >= 15 is 0 Å². The smallest absolute Gasteiger partial charge is 0.123 e. The van der Waals surface area contributed by atoms with Gasteiger partial charge in [0.25, 0.3) is 0 Å². The Balaban J connectivity index is 2.72. The highest BCUT2D eigenvalue weighted by Gasteiger charge is 2.15. The molecule has 0 saturated carbocycles. The molecule has 2 nitrogen and oxygen atoms in total. The van der Waals surface area contributed by atoms with Gasteiger partial charge in [0, 0.05) is 6.42 Å². The molecule has 0 aromatic heterocycles. The fourth-order valence-corrected chi connectivity index (χ4v) is 1.52. The van der Waals surface area contributed by atoms with Gasteiger partial charge in [-0.05, 0) is 36.6 Å². The Kier molecular flexibility index (Phi) is 4.24. The molecule has 1 rings (SSSR count). The molecule has 1 aromatic rings. The van der Waals surface area contributed by atoms with Crippen molar-refractivity contribution in [3.8, 4) is 0 Å². The molecule has 15 heavy (non-hydrogen) atoms. The fraction of sp³-hybridized carbons (Fsp3) is 0.500. The van der Waals surface area contributed by atoms with Crippen LogP contribution in [0.3, 0.4) is 0 Å².